The fourth-order valence-electron chi connectivity index (χ4n) is 3.61. The van der Waals surface area contributed by atoms with E-state index in [0.717, 1.165) is 32.6 Å². The summed E-state index contributed by atoms with van der Waals surface area (Å²) in [4.78, 5) is 5.01. The molecule has 2 atom stereocenters. The molecule has 1 heterocycles. The first-order chi connectivity index (χ1) is 14.0. The van der Waals surface area contributed by atoms with E-state index in [1.807, 2.05) is 30.3 Å². The van der Waals surface area contributed by atoms with Gasteiger partial charge in [0.05, 0.1) is 7.11 Å². The monoisotopic (exact) mass is 450 g/mol. The number of phenolic OH excluding ortho intramolecular Hbond substituents is 1. The van der Waals surface area contributed by atoms with E-state index in [9.17, 15) is 5.11 Å². The molecule has 4 rings (SSSR count). The fraction of sp³-hybridized carbons (Fsp3) is 0.208. The van der Waals surface area contributed by atoms with E-state index in [4.69, 9.17) is 9.73 Å². The van der Waals surface area contributed by atoms with E-state index >= 15 is 0 Å². The lowest BCUT2D eigenvalue weighted by Gasteiger charge is -2.31. The van der Waals surface area contributed by atoms with Crippen molar-refractivity contribution in [3.8, 4) is 11.5 Å². The Morgan fingerprint density at radius 2 is 1.86 bits per heavy atom. The van der Waals surface area contributed by atoms with Crippen molar-refractivity contribution in [2.24, 2.45) is 4.99 Å². The number of aromatic hydroxyl groups is 1. The van der Waals surface area contributed by atoms with Crippen LogP contribution in [0.5, 0.6) is 11.5 Å². The van der Waals surface area contributed by atoms with Gasteiger partial charge in [0.15, 0.2) is 0 Å². The molecule has 1 aliphatic rings. The third kappa shape index (κ3) is 4.36. The molecule has 2 N–H and O–H groups in total. The molecule has 0 saturated carbocycles. The highest BCUT2D eigenvalue weighted by molar-refractivity contribution is 9.10. The molecular formula is C24H23BrN2O2. The van der Waals surface area contributed by atoms with Gasteiger partial charge in [-0.15, -0.1) is 0 Å². The van der Waals surface area contributed by atoms with Gasteiger partial charge in [-0.25, -0.2) is 0 Å². The molecule has 3 aromatic rings. The molecule has 148 valence electrons. The van der Waals surface area contributed by atoms with Crippen LogP contribution >= 0.6 is 15.9 Å². The van der Waals surface area contributed by atoms with Crippen molar-refractivity contribution < 1.29 is 9.84 Å². The van der Waals surface area contributed by atoms with E-state index in [1.165, 1.54) is 5.56 Å². The SMILES string of the molecule is COc1cccc(C2=N[C@@H](c3ccc(C)cc3)N[C@H](c3cc(Br)ccc3O)C2)c1. The molecule has 0 radical (unpaired) electrons. The Balaban J connectivity index is 1.77. The van der Waals surface area contributed by atoms with Crippen LogP contribution in [-0.2, 0) is 0 Å². The zero-order chi connectivity index (χ0) is 20.4. The molecule has 0 amide bonds. The maximum absolute atomic E-state index is 10.5. The maximum atomic E-state index is 10.5. The number of nitrogens with zero attached hydrogens (tertiary/aromatic N) is 1. The summed E-state index contributed by atoms with van der Waals surface area (Å²) in [7, 11) is 1.67. The second kappa shape index (κ2) is 8.39. The van der Waals surface area contributed by atoms with Gasteiger partial charge in [0.25, 0.3) is 0 Å². The van der Waals surface area contributed by atoms with Gasteiger partial charge < -0.3 is 9.84 Å². The lowest BCUT2D eigenvalue weighted by atomic mass is 9.93. The average Bonchev–Trinajstić information content (AvgIpc) is 2.75. The van der Waals surface area contributed by atoms with Crippen molar-refractivity contribution in [2.45, 2.75) is 25.6 Å². The first-order valence-electron chi connectivity index (χ1n) is 9.55. The van der Waals surface area contributed by atoms with Gasteiger partial charge in [-0.05, 0) is 48.4 Å². The van der Waals surface area contributed by atoms with Crippen LogP contribution in [0.4, 0.5) is 0 Å². The van der Waals surface area contributed by atoms with Crippen molar-refractivity contribution in [2.75, 3.05) is 7.11 Å². The summed E-state index contributed by atoms with van der Waals surface area (Å²) >= 11 is 3.52. The number of aryl methyl sites for hydroxylation is 1. The van der Waals surface area contributed by atoms with Gasteiger partial charge in [-0.2, -0.15) is 0 Å². The van der Waals surface area contributed by atoms with Gasteiger partial charge >= 0.3 is 0 Å². The number of phenols is 1. The molecule has 0 bridgehead atoms. The van der Waals surface area contributed by atoms with Crippen LogP contribution in [0.3, 0.4) is 0 Å². The average molecular weight is 451 g/mol. The molecule has 0 unspecified atom stereocenters. The topological polar surface area (TPSA) is 53.8 Å². The number of halogens is 1. The van der Waals surface area contributed by atoms with Crippen LogP contribution in [0, 0.1) is 6.92 Å². The van der Waals surface area contributed by atoms with Crippen LogP contribution in [0.15, 0.2) is 76.2 Å². The summed E-state index contributed by atoms with van der Waals surface area (Å²) in [6.45, 7) is 2.07. The Labute approximate surface area is 179 Å². The largest absolute Gasteiger partial charge is 0.508 e. The van der Waals surface area contributed by atoms with Crippen LogP contribution in [0.2, 0.25) is 0 Å². The Morgan fingerprint density at radius 3 is 2.62 bits per heavy atom. The lowest BCUT2D eigenvalue weighted by Crippen LogP contribution is -2.33. The van der Waals surface area contributed by atoms with Crippen molar-refractivity contribution in [1.29, 1.82) is 0 Å². The highest BCUT2D eigenvalue weighted by Gasteiger charge is 2.28. The van der Waals surface area contributed by atoms with Crippen molar-refractivity contribution >= 4 is 21.6 Å². The second-order valence-electron chi connectivity index (χ2n) is 7.25. The number of hydrogen-bond donors (Lipinski definition) is 2. The number of benzene rings is 3. The fourth-order valence-corrected chi connectivity index (χ4v) is 3.99. The predicted molar refractivity (Wildman–Crippen MR) is 120 cm³/mol. The minimum absolute atomic E-state index is 0.0718. The van der Waals surface area contributed by atoms with Gasteiger partial charge in [0, 0.05) is 28.2 Å². The Kier molecular flexibility index (Phi) is 5.69. The van der Waals surface area contributed by atoms with E-state index in [2.05, 4.69) is 58.5 Å². The second-order valence-corrected chi connectivity index (χ2v) is 8.16. The highest BCUT2D eigenvalue weighted by atomic mass is 79.9. The number of rotatable bonds is 4. The summed E-state index contributed by atoms with van der Waals surface area (Å²) < 4.78 is 6.33. The lowest BCUT2D eigenvalue weighted by molar-refractivity contribution is 0.410. The molecule has 3 aromatic carbocycles. The molecule has 0 aliphatic carbocycles. The minimum Gasteiger partial charge on any atom is -0.508 e. The summed E-state index contributed by atoms with van der Waals surface area (Å²) in [6, 6.07) is 21.8. The van der Waals surface area contributed by atoms with Crippen molar-refractivity contribution in [3.63, 3.8) is 0 Å². The van der Waals surface area contributed by atoms with Gasteiger partial charge in [0.1, 0.15) is 17.7 Å². The number of aliphatic imine (C=N–C) groups is 1. The predicted octanol–water partition coefficient (Wildman–Crippen LogP) is 5.69. The first-order valence-corrected chi connectivity index (χ1v) is 10.3. The minimum atomic E-state index is -0.200. The number of methoxy groups -OCH3 is 1. The molecular weight excluding hydrogens is 428 g/mol. The van der Waals surface area contributed by atoms with Gasteiger partial charge in [-0.3, -0.25) is 10.3 Å². The normalized spacial score (nSPS) is 18.9. The Hall–Kier alpha value is -2.63. The van der Waals surface area contributed by atoms with Crippen LogP contribution < -0.4 is 10.1 Å². The molecule has 5 heteroatoms. The summed E-state index contributed by atoms with van der Waals surface area (Å²) in [5.41, 5.74) is 5.17. The van der Waals surface area contributed by atoms with E-state index in [0.29, 0.717) is 6.42 Å². The van der Waals surface area contributed by atoms with E-state index < -0.39 is 0 Å². The highest BCUT2D eigenvalue weighted by Crippen LogP contribution is 2.36. The molecule has 1 aliphatic heterocycles. The Bertz CT molecular complexity index is 1050. The first kappa shape index (κ1) is 19.7. The summed E-state index contributed by atoms with van der Waals surface area (Å²) in [5.74, 6) is 1.08. The zero-order valence-corrected chi connectivity index (χ0v) is 18.0. The summed E-state index contributed by atoms with van der Waals surface area (Å²) in [5, 5.41) is 14.1. The number of ether oxygens (including phenoxy) is 1. The Morgan fingerprint density at radius 1 is 1.07 bits per heavy atom. The van der Waals surface area contributed by atoms with E-state index in [-0.39, 0.29) is 18.0 Å². The van der Waals surface area contributed by atoms with Crippen molar-refractivity contribution in [3.05, 3.63) is 93.5 Å². The van der Waals surface area contributed by atoms with Crippen molar-refractivity contribution in [1.82, 2.24) is 5.32 Å². The molecule has 4 nitrogen and oxygen atoms in total. The molecule has 29 heavy (non-hydrogen) atoms. The molecule has 0 saturated heterocycles. The van der Waals surface area contributed by atoms with Crippen LogP contribution in [0.1, 0.15) is 40.9 Å². The third-order valence-corrected chi connectivity index (χ3v) is 5.70. The standard InChI is InChI=1S/C24H23BrN2O2/c1-15-6-8-16(9-7-15)24-26-21(17-4-3-5-19(12-17)29-2)14-22(27-24)20-13-18(25)10-11-23(20)28/h3-13,22,24,27-28H,14H2,1-2H3/t22-,24+/m0/s1. The molecule has 0 fully saturated rings. The smallest absolute Gasteiger partial charge is 0.126 e. The van der Waals surface area contributed by atoms with Gasteiger partial charge in [-0.1, -0.05) is 57.9 Å². The maximum Gasteiger partial charge on any atom is 0.126 e. The summed E-state index contributed by atoms with van der Waals surface area (Å²) in [6.07, 6.45) is 0.466. The zero-order valence-electron chi connectivity index (χ0n) is 16.4. The van der Waals surface area contributed by atoms with Crippen LogP contribution in [0.25, 0.3) is 0 Å². The number of hydrogen-bond acceptors (Lipinski definition) is 4. The molecule has 0 aromatic heterocycles. The van der Waals surface area contributed by atoms with Gasteiger partial charge in [0.2, 0.25) is 0 Å². The molecule has 0 spiro atoms. The van der Waals surface area contributed by atoms with Crippen LogP contribution in [-0.4, -0.2) is 17.9 Å². The quantitative estimate of drug-likeness (QED) is 0.536. The number of nitrogens with one attached hydrogen (secondary N) is 1. The van der Waals surface area contributed by atoms with E-state index in [1.54, 1.807) is 13.2 Å². The third-order valence-electron chi connectivity index (χ3n) is 5.20.